The Kier molecular flexibility index (Phi) is 5.08. The molecule has 0 saturated heterocycles. The highest BCUT2D eigenvalue weighted by Crippen LogP contribution is 2.33. The number of hydrogen-bond acceptors (Lipinski definition) is 3. The van der Waals surface area contributed by atoms with Gasteiger partial charge in [-0.15, -0.1) is 0 Å². The molecule has 0 radical (unpaired) electrons. The van der Waals surface area contributed by atoms with Crippen molar-refractivity contribution >= 4 is 27.5 Å². The van der Waals surface area contributed by atoms with E-state index in [0.717, 1.165) is 5.56 Å². The SMILES string of the molecule is Cc1ccc(C)c(S(=O)(=O)Nc2ccccc2SC(F)F)c1. The first kappa shape index (κ1) is 16.8. The van der Waals surface area contributed by atoms with Crippen molar-refractivity contribution in [3.63, 3.8) is 0 Å². The predicted octanol–water partition coefficient (Wildman–Crippen LogP) is 4.42. The van der Waals surface area contributed by atoms with Gasteiger partial charge in [0, 0.05) is 4.90 Å². The molecule has 0 spiro atoms. The minimum atomic E-state index is -3.83. The molecule has 7 heteroatoms. The monoisotopic (exact) mass is 343 g/mol. The molecule has 3 nitrogen and oxygen atoms in total. The maximum atomic E-state index is 12.6. The van der Waals surface area contributed by atoms with Crippen LogP contribution in [-0.2, 0) is 10.0 Å². The van der Waals surface area contributed by atoms with Gasteiger partial charge in [-0.2, -0.15) is 8.78 Å². The first-order valence-electron chi connectivity index (χ1n) is 6.43. The fraction of sp³-hybridized carbons (Fsp3) is 0.200. The van der Waals surface area contributed by atoms with Gasteiger partial charge in [0.2, 0.25) is 0 Å². The lowest BCUT2D eigenvalue weighted by atomic mass is 10.2. The molecule has 0 amide bonds. The Balaban J connectivity index is 2.39. The summed E-state index contributed by atoms with van der Waals surface area (Å²) in [5, 5.41) is 0. The number of rotatable bonds is 5. The highest BCUT2D eigenvalue weighted by Gasteiger charge is 2.19. The van der Waals surface area contributed by atoms with Crippen molar-refractivity contribution < 1.29 is 17.2 Å². The highest BCUT2D eigenvalue weighted by molar-refractivity contribution is 7.99. The first-order valence-corrected chi connectivity index (χ1v) is 8.80. The Hall–Kier alpha value is -1.60. The lowest BCUT2D eigenvalue weighted by molar-refractivity contribution is 0.252. The van der Waals surface area contributed by atoms with Crippen molar-refractivity contribution in [2.24, 2.45) is 0 Å². The summed E-state index contributed by atoms with van der Waals surface area (Å²) in [6.07, 6.45) is 0. The summed E-state index contributed by atoms with van der Waals surface area (Å²) in [6, 6.07) is 11.2. The molecule has 22 heavy (non-hydrogen) atoms. The third kappa shape index (κ3) is 3.98. The fourth-order valence-electron chi connectivity index (χ4n) is 1.95. The third-order valence-corrected chi connectivity index (χ3v) is 5.28. The summed E-state index contributed by atoms with van der Waals surface area (Å²) in [5.41, 5.74) is 1.55. The number of alkyl halides is 2. The standard InChI is InChI=1S/C15H15F2NO2S2/c1-10-7-8-11(2)14(9-10)22(19,20)18-12-5-3-4-6-13(12)21-15(16)17/h3-9,15,18H,1-2H3. The minimum absolute atomic E-state index is 0.143. The van der Waals surface area contributed by atoms with Gasteiger partial charge in [0.1, 0.15) is 0 Å². The van der Waals surface area contributed by atoms with Gasteiger partial charge in [-0.25, -0.2) is 8.42 Å². The molecular weight excluding hydrogens is 328 g/mol. The van der Waals surface area contributed by atoms with Crippen LogP contribution in [0.25, 0.3) is 0 Å². The van der Waals surface area contributed by atoms with Crippen LogP contribution in [0.2, 0.25) is 0 Å². The molecule has 0 atom stereocenters. The van der Waals surface area contributed by atoms with Gasteiger partial charge < -0.3 is 0 Å². The normalized spacial score (nSPS) is 11.7. The molecule has 0 bridgehead atoms. The molecule has 0 aliphatic heterocycles. The number of anilines is 1. The summed E-state index contributed by atoms with van der Waals surface area (Å²) >= 11 is 0.308. The van der Waals surface area contributed by atoms with Crippen LogP contribution in [0.15, 0.2) is 52.3 Å². The lowest BCUT2D eigenvalue weighted by Gasteiger charge is -2.14. The van der Waals surface area contributed by atoms with E-state index in [1.54, 1.807) is 38.1 Å². The number of thioether (sulfide) groups is 1. The maximum absolute atomic E-state index is 12.6. The van der Waals surface area contributed by atoms with Gasteiger partial charge >= 0.3 is 0 Å². The first-order chi connectivity index (χ1) is 10.3. The van der Waals surface area contributed by atoms with E-state index in [0.29, 0.717) is 17.3 Å². The molecule has 0 aliphatic rings. The molecule has 0 aromatic heterocycles. The van der Waals surface area contributed by atoms with Crippen LogP contribution >= 0.6 is 11.8 Å². The quantitative estimate of drug-likeness (QED) is 0.818. The average molecular weight is 343 g/mol. The Bertz CT molecular complexity index is 777. The second-order valence-electron chi connectivity index (χ2n) is 4.75. The highest BCUT2D eigenvalue weighted by atomic mass is 32.2. The summed E-state index contributed by atoms with van der Waals surface area (Å²) in [4.78, 5) is 0.329. The third-order valence-electron chi connectivity index (χ3n) is 2.98. The summed E-state index contributed by atoms with van der Waals surface area (Å²) in [7, 11) is -3.83. The number of para-hydroxylation sites is 1. The van der Waals surface area contributed by atoms with E-state index in [2.05, 4.69) is 4.72 Å². The fourth-order valence-corrected chi connectivity index (χ4v) is 4.02. The van der Waals surface area contributed by atoms with Crippen LogP contribution in [0.5, 0.6) is 0 Å². The number of nitrogens with one attached hydrogen (secondary N) is 1. The number of benzene rings is 2. The average Bonchev–Trinajstić information content (AvgIpc) is 2.43. The molecular formula is C15H15F2NO2S2. The molecule has 2 aromatic carbocycles. The number of hydrogen-bond donors (Lipinski definition) is 1. The van der Waals surface area contributed by atoms with Crippen LogP contribution in [0, 0.1) is 13.8 Å². The molecule has 0 saturated carbocycles. The Morgan fingerprint density at radius 1 is 1.09 bits per heavy atom. The largest absolute Gasteiger partial charge is 0.288 e. The van der Waals surface area contributed by atoms with Gasteiger partial charge in [-0.3, -0.25) is 4.72 Å². The summed E-state index contributed by atoms with van der Waals surface area (Å²) < 4.78 is 52.5. The van der Waals surface area contributed by atoms with Crippen molar-refractivity contribution in [1.82, 2.24) is 0 Å². The van der Waals surface area contributed by atoms with Crippen LogP contribution in [0.3, 0.4) is 0 Å². The smallest absolute Gasteiger partial charge is 0.278 e. The van der Waals surface area contributed by atoms with Crippen molar-refractivity contribution in [1.29, 1.82) is 0 Å². The van der Waals surface area contributed by atoms with E-state index in [9.17, 15) is 17.2 Å². The Morgan fingerprint density at radius 2 is 1.77 bits per heavy atom. The van der Waals surface area contributed by atoms with Gasteiger partial charge in [0.25, 0.3) is 15.8 Å². The van der Waals surface area contributed by atoms with Gasteiger partial charge in [-0.1, -0.05) is 36.0 Å². The minimum Gasteiger partial charge on any atom is -0.278 e. The zero-order chi connectivity index (χ0) is 16.3. The Labute approximate surface area is 132 Å². The molecule has 2 aromatic rings. The van der Waals surface area contributed by atoms with Gasteiger partial charge in [0.05, 0.1) is 10.6 Å². The van der Waals surface area contributed by atoms with Crippen molar-refractivity contribution in [3.8, 4) is 0 Å². The summed E-state index contributed by atoms with van der Waals surface area (Å²) in [6.45, 7) is 3.48. The Morgan fingerprint density at radius 3 is 2.45 bits per heavy atom. The van der Waals surface area contributed by atoms with Crippen molar-refractivity contribution in [2.45, 2.75) is 29.4 Å². The molecule has 2 rings (SSSR count). The predicted molar refractivity (Wildman–Crippen MR) is 85.0 cm³/mol. The number of halogens is 2. The second kappa shape index (κ2) is 6.66. The van der Waals surface area contributed by atoms with E-state index in [1.165, 1.54) is 12.1 Å². The van der Waals surface area contributed by atoms with Crippen LogP contribution in [0.1, 0.15) is 11.1 Å². The maximum Gasteiger partial charge on any atom is 0.288 e. The zero-order valence-corrected chi connectivity index (χ0v) is 13.6. The van der Waals surface area contributed by atoms with Crippen molar-refractivity contribution in [3.05, 3.63) is 53.6 Å². The zero-order valence-electron chi connectivity index (χ0n) is 12.0. The van der Waals surface area contributed by atoms with E-state index < -0.39 is 15.8 Å². The van der Waals surface area contributed by atoms with E-state index in [4.69, 9.17) is 0 Å². The van der Waals surface area contributed by atoms with Crippen LogP contribution < -0.4 is 4.72 Å². The molecule has 0 heterocycles. The van der Waals surface area contributed by atoms with Crippen LogP contribution in [-0.4, -0.2) is 14.2 Å². The molecule has 0 unspecified atom stereocenters. The summed E-state index contributed by atoms with van der Waals surface area (Å²) in [5.74, 6) is -2.62. The van der Waals surface area contributed by atoms with E-state index in [-0.39, 0.29) is 15.5 Å². The van der Waals surface area contributed by atoms with Crippen LogP contribution in [0.4, 0.5) is 14.5 Å². The molecule has 1 N–H and O–H groups in total. The topological polar surface area (TPSA) is 46.2 Å². The molecule has 0 fully saturated rings. The number of aryl methyl sites for hydroxylation is 2. The lowest BCUT2D eigenvalue weighted by Crippen LogP contribution is -2.15. The van der Waals surface area contributed by atoms with Gasteiger partial charge in [0.15, 0.2) is 0 Å². The van der Waals surface area contributed by atoms with Crippen molar-refractivity contribution in [2.75, 3.05) is 4.72 Å². The van der Waals surface area contributed by atoms with Gasteiger partial charge in [-0.05, 0) is 43.2 Å². The van der Waals surface area contributed by atoms with E-state index >= 15 is 0 Å². The van der Waals surface area contributed by atoms with E-state index in [1.807, 2.05) is 6.07 Å². The molecule has 118 valence electrons. The molecule has 0 aliphatic carbocycles. The second-order valence-corrected chi connectivity index (χ2v) is 7.43. The number of sulfonamides is 1.